The van der Waals surface area contributed by atoms with Crippen LogP contribution in [0.4, 0.5) is 4.79 Å². The minimum atomic E-state index is -0.414. The van der Waals surface area contributed by atoms with Crippen LogP contribution in [0.1, 0.15) is 64.5 Å². The average Bonchev–Trinajstić information content (AvgIpc) is 2.58. The van der Waals surface area contributed by atoms with Crippen LogP contribution in [0.25, 0.3) is 0 Å². The van der Waals surface area contributed by atoms with Crippen LogP contribution < -0.4 is 5.32 Å². The summed E-state index contributed by atoms with van der Waals surface area (Å²) in [6, 6.07) is 4.56. The van der Waals surface area contributed by atoms with Gasteiger partial charge in [-0.3, -0.25) is 4.98 Å². The maximum atomic E-state index is 12.1. The van der Waals surface area contributed by atoms with Crippen LogP contribution in [0.2, 0.25) is 0 Å². The van der Waals surface area contributed by atoms with Gasteiger partial charge in [0.05, 0.1) is 0 Å². The number of pyridine rings is 1. The number of nitrogens with zero attached hydrogens (tertiary/aromatic N) is 2. The number of likely N-dealkylation sites (tertiary alicyclic amines) is 1. The summed E-state index contributed by atoms with van der Waals surface area (Å²) in [6.07, 6.45) is 9.26. The lowest BCUT2D eigenvalue weighted by molar-refractivity contribution is 0.0180. The molecule has 0 aromatic carbocycles. The zero-order valence-corrected chi connectivity index (χ0v) is 16.1. The summed E-state index contributed by atoms with van der Waals surface area (Å²) in [5.41, 5.74) is 0.889. The standard InChI is InChI=1S/C20H33N3O2/c1-20(2,3)25-19(24)23-14-10-16(11-15-23)6-5-7-18(21-4)17-8-12-22-13-9-17/h8-9,12-13,16,18,21H,5-7,10-11,14-15H2,1-4H3. The van der Waals surface area contributed by atoms with E-state index in [4.69, 9.17) is 4.74 Å². The number of aromatic nitrogens is 1. The summed E-state index contributed by atoms with van der Waals surface area (Å²) in [4.78, 5) is 18.1. The number of rotatable bonds is 6. The number of piperidine rings is 1. The van der Waals surface area contributed by atoms with Crippen molar-refractivity contribution in [2.45, 2.75) is 64.5 Å². The minimum absolute atomic E-state index is 0.168. The molecule has 1 aromatic heterocycles. The second-order valence-electron chi connectivity index (χ2n) is 7.96. The Morgan fingerprint density at radius 1 is 1.32 bits per heavy atom. The maximum Gasteiger partial charge on any atom is 0.410 e. The second kappa shape index (κ2) is 9.18. The lowest BCUT2D eigenvalue weighted by Gasteiger charge is -2.33. The van der Waals surface area contributed by atoms with Crippen LogP contribution in [-0.4, -0.2) is 41.7 Å². The molecule has 0 saturated carbocycles. The van der Waals surface area contributed by atoms with Crippen molar-refractivity contribution in [1.82, 2.24) is 15.2 Å². The largest absolute Gasteiger partial charge is 0.444 e. The lowest BCUT2D eigenvalue weighted by atomic mass is 9.90. The van der Waals surface area contributed by atoms with E-state index in [1.807, 2.05) is 45.1 Å². The first-order valence-electron chi connectivity index (χ1n) is 9.44. The molecular formula is C20H33N3O2. The maximum absolute atomic E-state index is 12.1. The third-order valence-electron chi connectivity index (χ3n) is 4.83. The van der Waals surface area contributed by atoms with Crippen LogP contribution in [0, 0.1) is 5.92 Å². The van der Waals surface area contributed by atoms with Crippen LogP contribution in [0.5, 0.6) is 0 Å². The first-order chi connectivity index (χ1) is 11.9. The SMILES string of the molecule is CNC(CCCC1CCN(C(=O)OC(C)(C)C)CC1)c1ccncc1. The molecule has 0 bridgehead atoms. The third-order valence-corrected chi connectivity index (χ3v) is 4.83. The summed E-state index contributed by atoms with van der Waals surface area (Å²) in [7, 11) is 2.02. The number of hydrogen-bond donors (Lipinski definition) is 1. The van der Waals surface area contributed by atoms with Crippen molar-refractivity contribution in [3.8, 4) is 0 Å². The molecule has 1 saturated heterocycles. The highest BCUT2D eigenvalue weighted by Gasteiger charge is 2.26. The Hall–Kier alpha value is -1.62. The highest BCUT2D eigenvalue weighted by Crippen LogP contribution is 2.26. The molecule has 140 valence electrons. The normalized spacial score (nSPS) is 17.4. The van der Waals surface area contributed by atoms with Gasteiger partial charge in [-0.05, 0) is 70.7 Å². The molecular weight excluding hydrogens is 314 g/mol. The van der Waals surface area contributed by atoms with Gasteiger partial charge >= 0.3 is 6.09 Å². The predicted octanol–water partition coefficient (Wildman–Crippen LogP) is 4.16. The molecule has 2 heterocycles. The quantitative estimate of drug-likeness (QED) is 0.839. The van der Waals surface area contributed by atoms with Gasteiger partial charge in [0.2, 0.25) is 0 Å². The van der Waals surface area contributed by atoms with E-state index in [0.717, 1.165) is 32.4 Å². The third kappa shape index (κ3) is 6.65. The van der Waals surface area contributed by atoms with Crippen LogP contribution in [-0.2, 0) is 4.74 Å². The molecule has 1 aromatic rings. The Balaban J connectivity index is 1.69. The molecule has 1 atom stereocenters. The zero-order chi connectivity index (χ0) is 18.3. The number of ether oxygens (including phenoxy) is 1. The number of carbonyl (C=O) groups excluding carboxylic acids is 1. The van der Waals surface area contributed by atoms with Gasteiger partial charge in [0.25, 0.3) is 0 Å². The second-order valence-corrected chi connectivity index (χ2v) is 7.96. The van der Waals surface area contributed by atoms with Crippen molar-refractivity contribution in [3.05, 3.63) is 30.1 Å². The van der Waals surface area contributed by atoms with Crippen molar-refractivity contribution in [3.63, 3.8) is 0 Å². The van der Waals surface area contributed by atoms with Gasteiger partial charge in [0.1, 0.15) is 5.60 Å². The Kier molecular flexibility index (Phi) is 7.24. The van der Waals surface area contributed by atoms with E-state index in [1.54, 1.807) is 0 Å². The molecule has 1 amide bonds. The average molecular weight is 348 g/mol. The van der Waals surface area contributed by atoms with E-state index in [1.165, 1.54) is 18.4 Å². The fourth-order valence-corrected chi connectivity index (χ4v) is 3.41. The van der Waals surface area contributed by atoms with E-state index in [0.29, 0.717) is 12.0 Å². The Morgan fingerprint density at radius 3 is 2.52 bits per heavy atom. The molecule has 1 N–H and O–H groups in total. The fraction of sp³-hybridized carbons (Fsp3) is 0.700. The minimum Gasteiger partial charge on any atom is -0.444 e. The van der Waals surface area contributed by atoms with Gasteiger partial charge in [-0.2, -0.15) is 0 Å². The van der Waals surface area contributed by atoms with E-state index >= 15 is 0 Å². The summed E-state index contributed by atoms with van der Waals surface area (Å²) in [5.74, 6) is 0.716. The van der Waals surface area contributed by atoms with Crippen LogP contribution in [0.15, 0.2) is 24.5 Å². The number of carbonyl (C=O) groups is 1. The molecule has 0 aliphatic carbocycles. The Morgan fingerprint density at radius 2 is 1.96 bits per heavy atom. The molecule has 1 fully saturated rings. The van der Waals surface area contributed by atoms with Gasteiger partial charge in [-0.15, -0.1) is 0 Å². The summed E-state index contributed by atoms with van der Waals surface area (Å²) in [6.45, 7) is 7.38. The highest BCUT2D eigenvalue weighted by molar-refractivity contribution is 5.68. The molecule has 1 aliphatic heterocycles. The zero-order valence-electron chi connectivity index (χ0n) is 16.1. The Labute approximate surface area is 152 Å². The molecule has 1 unspecified atom stereocenters. The van der Waals surface area contributed by atoms with Crippen LogP contribution >= 0.6 is 0 Å². The first-order valence-corrected chi connectivity index (χ1v) is 9.44. The monoisotopic (exact) mass is 347 g/mol. The highest BCUT2D eigenvalue weighted by atomic mass is 16.6. The lowest BCUT2D eigenvalue weighted by Crippen LogP contribution is -2.41. The Bertz CT molecular complexity index is 519. The van der Waals surface area contributed by atoms with Crippen molar-refractivity contribution < 1.29 is 9.53 Å². The van der Waals surface area contributed by atoms with Gasteiger partial charge < -0.3 is 15.0 Å². The van der Waals surface area contributed by atoms with Gasteiger partial charge in [-0.25, -0.2) is 4.79 Å². The molecule has 0 spiro atoms. The molecule has 2 rings (SSSR count). The number of amides is 1. The summed E-state index contributed by atoms with van der Waals surface area (Å²) >= 11 is 0. The number of nitrogens with one attached hydrogen (secondary N) is 1. The smallest absolute Gasteiger partial charge is 0.410 e. The fourth-order valence-electron chi connectivity index (χ4n) is 3.41. The molecule has 5 heteroatoms. The predicted molar refractivity (Wildman–Crippen MR) is 100 cm³/mol. The molecule has 5 nitrogen and oxygen atoms in total. The summed E-state index contributed by atoms with van der Waals surface area (Å²) in [5, 5.41) is 3.40. The van der Waals surface area contributed by atoms with E-state index in [9.17, 15) is 4.79 Å². The van der Waals surface area contributed by atoms with E-state index < -0.39 is 5.60 Å². The van der Waals surface area contributed by atoms with Crippen LogP contribution in [0.3, 0.4) is 0 Å². The van der Waals surface area contributed by atoms with Gasteiger partial charge in [-0.1, -0.05) is 12.8 Å². The van der Waals surface area contributed by atoms with Crippen molar-refractivity contribution in [2.75, 3.05) is 20.1 Å². The molecule has 1 aliphatic rings. The first kappa shape index (κ1) is 19.7. The molecule has 0 radical (unpaired) electrons. The van der Waals surface area contributed by atoms with Crippen molar-refractivity contribution in [1.29, 1.82) is 0 Å². The van der Waals surface area contributed by atoms with Gasteiger partial charge in [0.15, 0.2) is 0 Å². The topological polar surface area (TPSA) is 54.5 Å². The van der Waals surface area contributed by atoms with E-state index in [-0.39, 0.29) is 6.09 Å². The van der Waals surface area contributed by atoms with Crippen molar-refractivity contribution >= 4 is 6.09 Å². The van der Waals surface area contributed by atoms with E-state index in [2.05, 4.69) is 22.4 Å². The summed E-state index contributed by atoms with van der Waals surface area (Å²) < 4.78 is 5.46. The van der Waals surface area contributed by atoms with Crippen molar-refractivity contribution in [2.24, 2.45) is 5.92 Å². The molecule has 25 heavy (non-hydrogen) atoms. The number of hydrogen-bond acceptors (Lipinski definition) is 4. The van der Waals surface area contributed by atoms with Gasteiger partial charge in [0, 0.05) is 31.5 Å².